The summed E-state index contributed by atoms with van der Waals surface area (Å²) in [6, 6.07) is 8.41. The van der Waals surface area contributed by atoms with E-state index in [1.807, 2.05) is 11.8 Å². The molecule has 0 aromatic heterocycles. The molecule has 2 rings (SSSR count). The average molecular weight is 170 g/mol. The third-order valence-electron chi connectivity index (χ3n) is 1.03. The van der Waals surface area contributed by atoms with Crippen molar-refractivity contribution in [2.75, 3.05) is 0 Å². The van der Waals surface area contributed by atoms with Crippen LogP contribution in [0.1, 0.15) is 0 Å². The summed E-state index contributed by atoms with van der Waals surface area (Å²) < 4.78 is 0. The maximum absolute atomic E-state index is 8.56. The summed E-state index contributed by atoms with van der Waals surface area (Å²) in [5.74, 6) is 0. The lowest BCUT2D eigenvalue weighted by molar-refractivity contribution is 0.137. The molecule has 4 heteroatoms. The van der Waals surface area contributed by atoms with Gasteiger partial charge < -0.3 is 10.2 Å². The summed E-state index contributed by atoms with van der Waals surface area (Å²) >= 11 is 1.86. The van der Waals surface area contributed by atoms with Crippen LogP contribution in [-0.2, 0) is 0 Å². The van der Waals surface area contributed by atoms with Crippen LogP contribution in [0.3, 0.4) is 0 Å². The fraction of sp³-hybridized carbons (Fsp3) is 0. The number of carboxylic acid groups (broad SMARTS) is 2. The first-order chi connectivity index (χ1) is 5.20. The predicted octanol–water partition coefficient (Wildman–Crippen LogP) is 2.37. The molecule has 0 saturated heterocycles. The highest BCUT2D eigenvalue weighted by Gasteiger charge is 2.14. The van der Waals surface area contributed by atoms with Crippen LogP contribution >= 0.6 is 11.8 Å². The molecule has 0 atom stereocenters. The lowest BCUT2D eigenvalue weighted by atomic mass is 10.4. The van der Waals surface area contributed by atoms with Gasteiger partial charge in [-0.25, -0.2) is 4.79 Å². The van der Waals surface area contributed by atoms with Gasteiger partial charge in [-0.05, 0) is 12.1 Å². The molecule has 1 heterocycles. The first-order valence-corrected chi connectivity index (χ1v) is 3.70. The van der Waals surface area contributed by atoms with Crippen molar-refractivity contribution < 1.29 is 15.0 Å². The Bertz CT molecular complexity index is 247. The van der Waals surface area contributed by atoms with Crippen molar-refractivity contribution in [3.8, 4) is 0 Å². The van der Waals surface area contributed by atoms with Gasteiger partial charge in [0.25, 0.3) is 0 Å². The third kappa shape index (κ3) is 2.95. The molecule has 58 valence electrons. The molecule has 0 saturated carbocycles. The SMILES string of the molecule is O=C(O)O.c1ccc2c(c1)S2. The monoisotopic (exact) mass is 170 g/mol. The fourth-order valence-corrected chi connectivity index (χ4v) is 1.23. The molecule has 0 spiro atoms. The Morgan fingerprint density at radius 1 is 1.18 bits per heavy atom. The second-order valence-electron chi connectivity index (χ2n) is 1.83. The molecule has 1 aliphatic rings. The Kier molecular flexibility index (Phi) is 2.38. The molecule has 1 aromatic carbocycles. The molecule has 3 nitrogen and oxygen atoms in total. The van der Waals surface area contributed by atoms with Crippen molar-refractivity contribution in [3.63, 3.8) is 0 Å². The van der Waals surface area contributed by atoms with Gasteiger partial charge in [0.1, 0.15) is 0 Å². The summed E-state index contributed by atoms with van der Waals surface area (Å²) in [6.45, 7) is 0. The molecule has 1 aliphatic heterocycles. The van der Waals surface area contributed by atoms with E-state index in [0.29, 0.717) is 0 Å². The molecule has 0 amide bonds. The van der Waals surface area contributed by atoms with Gasteiger partial charge in [0, 0.05) is 9.79 Å². The molecule has 1 aromatic rings. The van der Waals surface area contributed by atoms with Crippen molar-refractivity contribution in [2.45, 2.75) is 9.79 Å². The molecule has 0 fully saturated rings. The maximum Gasteiger partial charge on any atom is 0.503 e. The van der Waals surface area contributed by atoms with Crippen molar-refractivity contribution in [3.05, 3.63) is 24.3 Å². The number of rotatable bonds is 0. The van der Waals surface area contributed by atoms with Crippen molar-refractivity contribution in [1.82, 2.24) is 0 Å². The summed E-state index contributed by atoms with van der Waals surface area (Å²) in [6.07, 6.45) is -1.83. The normalized spacial score (nSPS) is 10.5. The topological polar surface area (TPSA) is 57.5 Å². The zero-order valence-corrected chi connectivity index (χ0v) is 6.34. The summed E-state index contributed by atoms with van der Waals surface area (Å²) in [7, 11) is 0. The van der Waals surface area contributed by atoms with E-state index in [-0.39, 0.29) is 0 Å². The Balaban J connectivity index is 0.000000134. The van der Waals surface area contributed by atoms with Gasteiger partial charge in [-0.3, -0.25) is 0 Å². The number of fused-ring (bicyclic) bond motifs is 1. The minimum atomic E-state index is -1.83. The molecule has 2 N–H and O–H groups in total. The van der Waals surface area contributed by atoms with Crippen LogP contribution in [0.25, 0.3) is 0 Å². The molecule has 0 unspecified atom stereocenters. The lowest BCUT2D eigenvalue weighted by Gasteiger charge is -1.66. The Labute approximate surface area is 67.7 Å². The van der Waals surface area contributed by atoms with E-state index in [4.69, 9.17) is 15.0 Å². The van der Waals surface area contributed by atoms with Gasteiger partial charge in [-0.15, -0.1) is 0 Å². The second-order valence-corrected chi connectivity index (χ2v) is 2.92. The lowest BCUT2D eigenvalue weighted by Crippen LogP contribution is -1.81. The molecule has 0 aliphatic carbocycles. The second kappa shape index (κ2) is 3.30. The first kappa shape index (κ1) is 7.94. The minimum Gasteiger partial charge on any atom is -0.450 e. The summed E-state index contributed by atoms with van der Waals surface area (Å²) in [5, 5.41) is 13.9. The fourth-order valence-electron chi connectivity index (χ4n) is 0.611. The highest BCUT2D eigenvalue weighted by molar-refractivity contribution is 8.04. The number of carbonyl (C=O) groups is 1. The average Bonchev–Trinajstić information content (AvgIpc) is 2.62. The predicted molar refractivity (Wildman–Crippen MR) is 41.2 cm³/mol. The number of hydrogen-bond donors (Lipinski definition) is 2. The van der Waals surface area contributed by atoms with Crippen LogP contribution in [0.5, 0.6) is 0 Å². The molecular formula is C7H6O3S. The van der Waals surface area contributed by atoms with Crippen LogP contribution in [0.15, 0.2) is 34.1 Å². The largest absolute Gasteiger partial charge is 0.503 e. The van der Waals surface area contributed by atoms with E-state index in [1.54, 1.807) is 0 Å². The highest BCUT2D eigenvalue weighted by Crippen LogP contribution is 2.47. The van der Waals surface area contributed by atoms with Crippen molar-refractivity contribution in [2.24, 2.45) is 0 Å². The van der Waals surface area contributed by atoms with Crippen LogP contribution in [0, 0.1) is 0 Å². The Morgan fingerprint density at radius 2 is 1.55 bits per heavy atom. The van der Waals surface area contributed by atoms with Gasteiger partial charge in [0.05, 0.1) is 0 Å². The van der Waals surface area contributed by atoms with E-state index >= 15 is 0 Å². The number of benzene rings is 1. The first-order valence-electron chi connectivity index (χ1n) is 2.89. The standard InChI is InChI=1S/C6H4S.CH2O3/c1-2-4-6-5(3-1)7-6;2-1(3)4/h1-4H;(H2,2,3,4). The van der Waals surface area contributed by atoms with Gasteiger partial charge in [-0.1, -0.05) is 23.9 Å². The molecule has 0 bridgehead atoms. The number of hydrogen-bond acceptors (Lipinski definition) is 2. The van der Waals surface area contributed by atoms with Crippen LogP contribution < -0.4 is 0 Å². The van der Waals surface area contributed by atoms with Gasteiger partial charge in [-0.2, -0.15) is 0 Å². The third-order valence-corrected chi connectivity index (χ3v) is 1.98. The van der Waals surface area contributed by atoms with Crippen molar-refractivity contribution >= 4 is 17.9 Å². The zero-order valence-electron chi connectivity index (χ0n) is 5.52. The smallest absolute Gasteiger partial charge is 0.450 e. The highest BCUT2D eigenvalue weighted by atomic mass is 32.2. The minimum absolute atomic E-state index is 1.45. The molecular weight excluding hydrogens is 164 g/mol. The van der Waals surface area contributed by atoms with E-state index in [9.17, 15) is 0 Å². The quantitative estimate of drug-likeness (QED) is 0.596. The van der Waals surface area contributed by atoms with Crippen molar-refractivity contribution in [1.29, 1.82) is 0 Å². The Morgan fingerprint density at radius 3 is 1.82 bits per heavy atom. The molecule has 11 heavy (non-hydrogen) atoms. The van der Waals surface area contributed by atoms with Crippen LogP contribution in [0.2, 0.25) is 0 Å². The van der Waals surface area contributed by atoms with E-state index in [1.165, 1.54) is 9.79 Å². The maximum atomic E-state index is 8.56. The summed E-state index contributed by atoms with van der Waals surface area (Å²) in [5.41, 5.74) is 0. The van der Waals surface area contributed by atoms with E-state index in [0.717, 1.165) is 0 Å². The van der Waals surface area contributed by atoms with Crippen LogP contribution in [-0.4, -0.2) is 16.4 Å². The van der Waals surface area contributed by atoms with Crippen LogP contribution in [0.4, 0.5) is 4.79 Å². The van der Waals surface area contributed by atoms with E-state index in [2.05, 4.69) is 24.3 Å². The Hall–Kier alpha value is -1.16. The summed E-state index contributed by atoms with van der Waals surface area (Å²) in [4.78, 5) is 11.4. The van der Waals surface area contributed by atoms with E-state index < -0.39 is 6.16 Å². The zero-order chi connectivity index (χ0) is 8.27. The van der Waals surface area contributed by atoms with Gasteiger partial charge in [0.15, 0.2) is 0 Å². The van der Waals surface area contributed by atoms with Gasteiger partial charge >= 0.3 is 6.16 Å². The van der Waals surface area contributed by atoms with Gasteiger partial charge in [0.2, 0.25) is 0 Å². The molecule has 0 radical (unpaired) electrons.